The number of aromatic nitrogens is 2. The van der Waals surface area contributed by atoms with Crippen LogP contribution in [0.3, 0.4) is 0 Å². The lowest BCUT2D eigenvalue weighted by atomic mass is 10.3. The smallest absolute Gasteiger partial charge is 0.299 e. The Bertz CT molecular complexity index is 1100. The first-order chi connectivity index (χ1) is 13.1. The molecule has 1 aromatic heterocycles. The van der Waals surface area contributed by atoms with E-state index in [1.165, 1.54) is 34.1 Å². The van der Waals surface area contributed by atoms with Gasteiger partial charge < -0.3 is 0 Å². The maximum atomic E-state index is 12.9. The second-order valence-corrected chi connectivity index (χ2v) is 9.29. The van der Waals surface area contributed by atoms with Crippen LogP contribution in [0, 0.1) is 0 Å². The molecule has 3 rings (SSSR count). The molecule has 2 heterocycles. The maximum Gasteiger partial charge on any atom is 0.330 e. The molecule has 152 valence electrons. The summed E-state index contributed by atoms with van der Waals surface area (Å²) < 4.78 is 29.7. The van der Waals surface area contributed by atoms with Crippen molar-refractivity contribution in [3.63, 3.8) is 0 Å². The minimum absolute atomic E-state index is 0.0827. The van der Waals surface area contributed by atoms with Gasteiger partial charge in [-0.3, -0.25) is 18.8 Å². The first-order valence-electron chi connectivity index (χ1n) is 8.55. The summed E-state index contributed by atoms with van der Waals surface area (Å²) in [7, 11) is -0.776. The number of piperazine rings is 1. The first-order valence-corrected chi connectivity index (χ1v) is 10.7. The molecular weight excluding hydrogens is 427 g/mol. The maximum absolute atomic E-state index is 12.9. The molecule has 1 fully saturated rings. The van der Waals surface area contributed by atoms with Crippen LogP contribution in [0.1, 0.15) is 5.69 Å². The highest BCUT2D eigenvalue weighted by Gasteiger charge is 2.32. The van der Waals surface area contributed by atoms with Crippen LogP contribution in [0.25, 0.3) is 0 Å². The van der Waals surface area contributed by atoms with Gasteiger partial charge in [0.2, 0.25) is 10.0 Å². The molecule has 0 spiro atoms. The molecule has 0 amide bonds. The van der Waals surface area contributed by atoms with Crippen LogP contribution in [0.2, 0.25) is 10.0 Å². The van der Waals surface area contributed by atoms with Crippen molar-refractivity contribution >= 4 is 33.2 Å². The van der Waals surface area contributed by atoms with Crippen LogP contribution in [-0.4, -0.2) is 52.9 Å². The van der Waals surface area contributed by atoms with Crippen molar-refractivity contribution in [1.29, 1.82) is 0 Å². The lowest BCUT2D eigenvalue weighted by Gasteiger charge is -2.34. The number of hydrogen-bond acceptors (Lipinski definition) is 5. The van der Waals surface area contributed by atoms with Crippen molar-refractivity contribution in [2.45, 2.75) is 11.4 Å². The van der Waals surface area contributed by atoms with Gasteiger partial charge in [0, 0.05) is 58.6 Å². The van der Waals surface area contributed by atoms with E-state index in [2.05, 4.69) is 0 Å². The zero-order valence-corrected chi connectivity index (χ0v) is 17.8. The van der Waals surface area contributed by atoms with Crippen molar-refractivity contribution in [3.8, 4) is 0 Å². The van der Waals surface area contributed by atoms with Gasteiger partial charge in [0.25, 0.3) is 5.56 Å². The normalized spacial score (nSPS) is 16.4. The second kappa shape index (κ2) is 8.00. The van der Waals surface area contributed by atoms with Gasteiger partial charge in [-0.25, -0.2) is 13.2 Å². The summed E-state index contributed by atoms with van der Waals surface area (Å²) in [6.07, 6.45) is 0. The topological polar surface area (TPSA) is 84.6 Å². The summed E-state index contributed by atoms with van der Waals surface area (Å²) in [6.45, 7) is 1.78. The standard InChI is InChI=1S/C17H20Cl2N4O4S/c1-20-12(10-15(24)21(2)17(20)25)11-22-6-8-23(9-7-22)28(26,27)16-13(18)4-3-5-14(16)19/h3-5,10H,6-9,11H2,1-2H3. The Morgan fingerprint density at radius 3 is 2.11 bits per heavy atom. The molecule has 0 N–H and O–H groups in total. The molecule has 0 saturated carbocycles. The Balaban J connectivity index is 1.75. The average Bonchev–Trinajstić information content (AvgIpc) is 2.64. The molecule has 1 aliphatic rings. The second-order valence-electron chi connectivity index (χ2n) is 6.61. The van der Waals surface area contributed by atoms with Gasteiger partial charge in [0.15, 0.2) is 0 Å². The van der Waals surface area contributed by atoms with Gasteiger partial charge in [-0.1, -0.05) is 29.3 Å². The third-order valence-corrected chi connectivity index (χ3v) is 7.71. The fraction of sp³-hybridized carbons (Fsp3) is 0.412. The Morgan fingerprint density at radius 1 is 0.964 bits per heavy atom. The highest BCUT2D eigenvalue weighted by Crippen LogP contribution is 2.31. The van der Waals surface area contributed by atoms with E-state index in [0.717, 1.165) is 4.57 Å². The van der Waals surface area contributed by atoms with Gasteiger partial charge in [-0.2, -0.15) is 4.31 Å². The highest BCUT2D eigenvalue weighted by molar-refractivity contribution is 7.89. The van der Waals surface area contributed by atoms with E-state index in [9.17, 15) is 18.0 Å². The van der Waals surface area contributed by atoms with Crippen molar-refractivity contribution < 1.29 is 8.42 Å². The number of nitrogens with zero attached hydrogens (tertiary/aromatic N) is 4. The zero-order valence-electron chi connectivity index (χ0n) is 15.4. The van der Waals surface area contributed by atoms with Crippen molar-refractivity contribution in [2.75, 3.05) is 26.2 Å². The van der Waals surface area contributed by atoms with E-state index < -0.39 is 15.7 Å². The summed E-state index contributed by atoms with van der Waals surface area (Å²) in [6, 6.07) is 6.00. The fourth-order valence-corrected chi connectivity index (χ4v) is 5.66. The molecule has 2 aromatic rings. The number of benzene rings is 1. The summed E-state index contributed by atoms with van der Waals surface area (Å²) >= 11 is 12.1. The van der Waals surface area contributed by atoms with Crippen molar-refractivity contribution in [2.24, 2.45) is 14.1 Å². The molecule has 8 nitrogen and oxygen atoms in total. The van der Waals surface area contributed by atoms with Crippen molar-refractivity contribution in [3.05, 3.63) is 60.8 Å². The summed E-state index contributed by atoms with van der Waals surface area (Å²) in [5.74, 6) is 0. The largest absolute Gasteiger partial charge is 0.330 e. The first kappa shape index (κ1) is 21.1. The third kappa shape index (κ3) is 3.90. The minimum Gasteiger partial charge on any atom is -0.299 e. The van der Waals surface area contributed by atoms with Gasteiger partial charge in [-0.15, -0.1) is 0 Å². The van der Waals surface area contributed by atoms with E-state index in [1.54, 1.807) is 13.1 Å². The predicted molar refractivity (Wildman–Crippen MR) is 107 cm³/mol. The molecule has 0 unspecified atom stereocenters. The fourth-order valence-electron chi connectivity index (χ4n) is 3.15. The van der Waals surface area contributed by atoms with Crippen LogP contribution in [0.15, 0.2) is 38.8 Å². The third-order valence-electron chi connectivity index (χ3n) is 4.86. The molecule has 28 heavy (non-hydrogen) atoms. The lowest BCUT2D eigenvalue weighted by molar-refractivity contribution is 0.177. The molecule has 11 heteroatoms. The van der Waals surface area contributed by atoms with E-state index in [-0.39, 0.29) is 33.6 Å². The Hall–Kier alpha value is -1.65. The van der Waals surface area contributed by atoms with Gasteiger partial charge >= 0.3 is 5.69 Å². The average molecular weight is 447 g/mol. The van der Waals surface area contributed by atoms with Crippen molar-refractivity contribution in [1.82, 2.24) is 18.3 Å². The Morgan fingerprint density at radius 2 is 1.54 bits per heavy atom. The minimum atomic E-state index is -3.81. The Labute approximate surface area is 172 Å². The molecule has 0 radical (unpaired) electrons. The number of rotatable bonds is 4. The SMILES string of the molecule is Cn1c(CN2CCN(S(=O)(=O)c3c(Cl)cccc3Cl)CC2)cc(=O)n(C)c1=O. The molecule has 1 saturated heterocycles. The summed E-state index contributed by atoms with van der Waals surface area (Å²) in [4.78, 5) is 25.8. The number of halogens is 2. The summed E-state index contributed by atoms with van der Waals surface area (Å²) in [5, 5.41) is 0.176. The predicted octanol–water partition coefficient (Wildman–Crippen LogP) is 0.897. The molecular formula is C17H20Cl2N4O4S. The van der Waals surface area contributed by atoms with Crippen LogP contribution >= 0.6 is 23.2 Å². The molecule has 0 bridgehead atoms. The number of hydrogen-bond donors (Lipinski definition) is 0. The van der Waals surface area contributed by atoms with E-state index in [1.807, 2.05) is 4.90 Å². The Kier molecular flexibility index (Phi) is 6.02. The van der Waals surface area contributed by atoms with E-state index in [4.69, 9.17) is 23.2 Å². The molecule has 1 aliphatic heterocycles. The molecule has 1 aromatic carbocycles. The quantitative estimate of drug-likeness (QED) is 0.696. The number of sulfonamides is 1. The van der Waals surface area contributed by atoms with E-state index in [0.29, 0.717) is 25.3 Å². The monoisotopic (exact) mass is 446 g/mol. The summed E-state index contributed by atoms with van der Waals surface area (Å²) in [5.41, 5.74) is -0.177. The van der Waals surface area contributed by atoms with Crippen LogP contribution in [-0.2, 0) is 30.7 Å². The molecule has 0 atom stereocenters. The van der Waals surface area contributed by atoms with Crippen LogP contribution in [0.4, 0.5) is 0 Å². The van der Waals surface area contributed by atoms with Gasteiger partial charge in [0.05, 0.1) is 10.0 Å². The highest BCUT2D eigenvalue weighted by atomic mass is 35.5. The van der Waals surface area contributed by atoms with E-state index >= 15 is 0 Å². The lowest BCUT2D eigenvalue weighted by Crippen LogP contribution is -2.49. The van der Waals surface area contributed by atoms with Gasteiger partial charge in [0.1, 0.15) is 4.90 Å². The van der Waals surface area contributed by atoms with Crippen LogP contribution < -0.4 is 11.2 Å². The molecule has 0 aliphatic carbocycles. The zero-order chi connectivity index (χ0) is 20.6. The van der Waals surface area contributed by atoms with Gasteiger partial charge in [-0.05, 0) is 12.1 Å². The van der Waals surface area contributed by atoms with Crippen LogP contribution in [0.5, 0.6) is 0 Å².